The Balaban J connectivity index is 1.99. The lowest BCUT2D eigenvalue weighted by atomic mass is 9.91. The fourth-order valence-electron chi connectivity index (χ4n) is 3.61. The molecule has 3 rings (SSSR count). The van der Waals surface area contributed by atoms with Crippen molar-refractivity contribution in [1.29, 1.82) is 0 Å². The van der Waals surface area contributed by atoms with E-state index < -0.39 is 73.7 Å². The number of hydrogen-bond donors (Lipinski definition) is 3. The molecule has 14 heteroatoms. The number of nitrogens with zero attached hydrogens (tertiary/aromatic N) is 2. The molecule has 0 radical (unpaired) electrons. The number of H-pyrrole nitrogens is 1. The minimum atomic E-state index is -4.53. The lowest BCUT2D eigenvalue weighted by Gasteiger charge is -2.27. The molecule has 0 spiro atoms. The number of aliphatic hydroxyl groups excluding tert-OH is 1. The van der Waals surface area contributed by atoms with Crippen LogP contribution in [-0.2, 0) is 23.4 Å². The molecule has 1 aliphatic rings. The van der Waals surface area contributed by atoms with E-state index in [-0.39, 0.29) is 5.75 Å². The summed E-state index contributed by atoms with van der Waals surface area (Å²) >= 11 is 0. The second-order valence-corrected chi connectivity index (χ2v) is 10.8. The second kappa shape index (κ2) is 12.1. The molecular weight excluding hydrogens is 519 g/mol. The number of nitrogens with two attached hydrogens (primary N) is 1. The van der Waals surface area contributed by atoms with Gasteiger partial charge in [0.2, 0.25) is 0 Å². The Kier molecular flexibility index (Phi) is 8.36. The number of esters is 1. The fourth-order valence-corrected chi connectivity index (χ4v) is 5.32. The van der Waals surface area contributed by atoms with Gasteiger partial charge in [0, 0.05) is 0 Å². The van der Waals surface area contributed by atoms with Gasteiger partial charge >= 0.3 is 24.9 Å². The molecule has 13 nitrogen and oxygen atoms in total. The number of nitrogens with one attached hydrogen (secondary N) is 1. The highest BCUT2D eigenvalue weighted by Crippen LogP contribution is 2.51. The quantitative estimate of drug-likeness (QED) is 0.215. The third kappa shape index (κ3) is 6.78. The van der Waals surface area contributed by atoms with Gasteiger partial charge in [-0.05, 0) is 32.9 Å². The lowest BCUT2D eigenvalue weighted by molar-refractivity contribution is -0.151. The van der Waals surface area contributed by atoms with Crippen molar-refractivity contribution >= 4 is 13.6 Å². The van der Waals surface area contributed by atoms with Gasteiger partial charge in [-0.1, -0.05) is 31.0 Å². The van der Waals surface area contributed by atoms with E-state index >= 15 is 0 Å². The van der Waals surface area contributed by atoms with Crippen molar-refractivity contribution in [3.05, 3.63) is 57.6 Å². The molecule has 38 heavy (non-hydrogen) atoms. The van der Waals surface area contributed by atoms with Gasteiger partial charge in [0.05, 0.1) is 27.5 Å². The predicted molar refractivity (Wildman–Crippen MR) is 135 cm³/mol. The highest BCUT2D eigenvalue weighted by atomic mass is 31.2. The number of aliphatic hydroxyl groups is 1. The number of aromatic nitrogens is 3. The first-order valence-electron chi connectivity index (χ1n) is 12.6. The standard InChI is InChI=1S/C24H31N4O9P/c1-5-11-24(25)19(29)18(36-21(24)28-14-26-22(31)27-23(28)32)12-34-38(33,37-17-9-7-6-8-10-17)13-16(4)20(30)35-15(2)3/h6-10,14-16,18-19,21,29H,12-13,25H2,1-4H3,(H,27,31,32)/t16-,18-,19+,21-,24?,38+/m1/s1/i12D2. The van der Waals surface area contributed by atoms with Gasteiger partial charge in [-0.15, -0.1) is 5.92 Å². The molecule has 0 aliphatic carbocycles. The maximum atomic E-state index is 14.0. The van der Waals surface area contributed by atoms with Crippen molar-refractivity contribution in [2.24, 2.45) is 11.7 Å². The van der Waals surface area contributed by atoms with Crippen molar-refractivity contribution < 1.29 is 35.7 Å². The van der Waals surface area contributed by atoms with Crippen molar-refractivity contribution in [3.8, 4) is 17.6 Å². The normalized spacial score (nSPS) is 26.3. The van der Waals surface area contributed by atoms with E-state index in [0.717, 1.165) is 10.9 Å². The number of hydrogen-bond acceptors (Lipinski definition) is 11. The average Bonchev–Trinajstić information content (AvgIpc) is 3.10. The third-order valence-electron chi connectivity index (χ3n) is 5.35. The molecular formula is C24H31N4O9P. The van der Waals surface area contributed by atoms with Gasteiger partial charge < -0.3 is 24.8 Å². The van der Waals surface area contributed by atoms with E-state index in [0.29, 0.717) is 0 Å². The smallest absolute Gasteiger partial charge is 0.380 e. The van der Waals surface area contributed by atoms with Gasteiger partial charge in [0.25, 0.3) is 0 Å². The number of para-hydroxylation sites is 1. The second-order valence-electron chi connectivity index (χ2n) is 8.84. The predicted octanol–water partition coefficient (Wildman–Crippen LogP) is 0.787. The maximum absolute atomic E-state index is 14.0. The van der Waals surface area contributed by atoms with Crippen LogP contribution in [0.15, 0.2) is 46.2 Å². The van der Waals surface area contributed by atoms with E-state index in [9.17, 15) is 24.1 Å². The van der Waals surface area contributed by atoms with E-state index in [1.54, 1.807) is 32.0 Å². The van der Waals surface area contributed by atoms with Gasteiger partial charge in [-0.25, -0.2) is 14.2 Å². The van der Waals surface area contributed by atoms with Crippen molar-refractivity contribution in [2.45, 2.75) is 57.8 Å². The summed E-state index contributed by atoms with van der Waals surface area (Å²) in [5.74, 6) is 3.33. The summed E-state index contributed by atoms with van der Waals surface area (Å²) in [5.41, 5.74) is 2.26. The summed E-state index contributed by atoms with van der Waals surface area (Å²) in [4.78, 5) is 41.7. The molecule has 1 aromatic heterocycles. The van der Waals surface area contributed by atoms with Crippen LogP contribution in [-0.4, -0.2) is 62.2 Å². The molecule has 0 amide bonds. The maximum Gasteiger partial charge on any atom is 0.380 e. The zero-order valence-electron chi connectivity index (χ0n) is 23.2. The number of benzene rings is 1. The van der Waals surface area contributed by atoms with Crippen molar-refractivity contribution in [2.75, 3.05) is 12.7 Å². The van der Waals surface area contributed by atoms with Gasteiger partial charge in [0.15, 0.2) is 11.8 Å². The van der Waals surface area contributed by atoms with E-state index in [4.69, 9.17) is 27.0 Å². The summed E-state index contributed by atoms with van der Waals surface area (Å²) in [6.45, 7) is 3.00. The topological polar surface area (TPSA) is 185 Å². The van der Waals surface area contributed by atoms with Crippen LogP contribution in [0, 0.1) is 17.8 Å². The molecule has 0 bridgehead atoms. The van der Waals surface area contributed by atoms with Gasteiger partial charge in [-0.2, -0.15) is 4.98 Å². The largest absolute Gasteiger partial charge is 0.463 e. The Labute approximate surface area is 221 Å². The van der Waals surface area contributed by atoms with Crippen molar-refractivity contribution in [1.82, 2.24) is 14.5 Å². The molecule has 1 aromatic carbocycles. The number of ether oxygens (including phenoxy) is 2. The Morgan fingerprint density at radius 2 is 2.05 bits per heavy atom. The van der Waals surface area contributed by atoms with Gasteiger partial charge in [-0.3, -0.25) is 18.9 Å². The summed E-state index contributed by atoms with van der Waals surface area (Å²) in [6, 6.07) is 7.75. The van der Waals surface area contributed by atoms with E-state index in [1.807, 2.05) is 4.98 Å². The number of aromatic amines is 1. The monoisotopic (exact) mass is 552 g/mol. The lowest BCUT2D eigenvalue weighted by Crippen LogP contribution is -2.55. The SMILES string of the molecule is [2H]C([2H])(O[P@@](=O)(C[C@@H](C)C(=O)OC(C)C)Oc1ccccc1)[C@H]1O[C@@H](n2cnc(=O)[nH]c2=O)C(N)(C#CC)[C@H]1O. The molecule has 1 saturated heterocycles. The molecule has 4 N–H and O–H groups in total. The highest BCUT2D eigenvalue weighted by molar-refractivity contribution is 7.54. The van der Waals surface area contributed by atoms with Crippen LogP contribution in [0.4, 0.5) is 0 Å². The Bertz CT molecular complexity index is 1440. The number of carbonyl (C=O) groups is 1. The molecule has 1 unspecified atom stereocenters. The minimum absolute atomic E-state index is 0.0627. The van der Waals surface area contributed by atoms with Crippen LogP contribution in [0.3, 0.4) is 0 Å². The molecule has 1 aliphatic heterocycles. The van der Waals surface area contributed by atoms with Crippen molar-refractivity contribution in [3.63, 3.8) is 0 Å². The molecule has 0 saturated carbocycles. The summed E-state index contributed by atoms with van der Waals surface area (Å²) < 4.78 is 53.8. The Morgan fingerprint density at radius 1 is 1.37 bits per heavy atom. The van der Waals surface area contributed by atoms with Crippen LogP contribution in [0.1, 0.15) is 36.7 Å². The third-order valence-corrected chi connectivity index (χ3v) is 7.22. The highest BCUT2D eigenvalue weighted by Gasteiger charge is 2.55. The molecule has 1 fully saturated rings. The van der Waals surface area contributed by atoms with Crippen LogP contribution >= 0.6 is 7.60 Å². The summed E-state index contributed by atoms with van der Waals surface area (Å²) in [6.07, 6.45) is -5.82. The van der Waals surface area contributed by atoms with Gasteiger partial charge in [0.1, 0.15) is 24.3 Å². The number of rotatable bonds is 10. The van der Waals surface area contributed by atoms with Crippen LogP contribution in [0.2, 0.25) is 0 Å². The van der Waals surface area contributed by atoms with Crippen LogP contribution in [0.5, 0.6) is 5.75 Å². The zero-order valence-corrected chi connectivity index (χ0v) is 22.1. The van der Waals surface area contributed by atoms with E-state index in [2.05, 4.69) is 16.8 Å². The van der Waals surface area contributed by atoms with Crippen LogP contribution in [0.25, 0.3) is 0 Å². The average molecular weight is 553 g/mol. The molecule has 6 atom stereocenters. The molecule has 2 aromatic rings. The zero-order chi connectivity index (χ0) is 29.9. The molecule has 2 heterocycles. The summed E-state index contributed by atoms with van der Waals surface area (Å²) in [7, 11) is -4.53. The summed E-state index contributed by atoms with van der Waals surface area (Å²) in [5, 5.41) is 11.1. The molecule has 206 valence electrons. The Morgan fingerprint density at radius 3 is 2.66 bits per heavy atom. The first-order valence-corrected chi connectivity index (χ1v) is 13.3. The van der Waals surface area contributed by atoms with Crippen LogP contribution < -0.4 is 21.6 Å². The first kappa shape index (κ1) is 26.3. The van der Waals surface area contributed by atoms with E-state index in [1.165, 1.54) is 26.0 Å². The number of carbonyl (C=O) groups excluding carboxylic acids is 1. The first-order chi connectivity index (χ1) is 18.6. The Hall–Kier alpha value is -3.27. The minimum Gasteiger partial charge on any atom is -0.463 e. The fraction of sp³-hybridized carbons (Fsp3) is 0.500.